The zero-order chi connectivity index (χ0) is 13.3. The highest BCUT2D eigenvalue weighted by molar-refractivity contribution is 7.11. The fraction of sp³-hybridized carbons (Fsp3) is 0.385. The van der Waals surface area contributed by atoms with E-state index in [-0.39, 0.29) is 6.04 Å². The highest BCUT2D eigenvalue weighted by Crippen LogP contribution is 2.29. The van der Waals surface area contributed by atoms with E-state index in [0.717, 1.165) is 22.1 Å². The van der Waals surface area contributed by atoms with E-state index in [1.165, 1.54) is 4.88 Å². The molecule has 18 heavy (non-hydrogen) atoms. The molecule has 0 bridgehead atoms. The predicted octanol–water partition coefficient (Wildman–Crippen LogP) is 3.22. The molecule has 0 aromatic carbocycles. The average Bonchev–Trinajstić information content (AvgIpc) is 2.64. The molecule has 0 amide bonds. The number of nitrogens with one attached hydrogen (secondary N) is 1. The molecule has 0 aliphatic rings. The standard InChI is InChI=1S/C13H18N4S/c1-7-5-6-15-13(11(7)14)17-9(3)12-8(2)16-10(4)18-12/h5-6,9H,14H2,1-4H3,(H,15,17). The summed E-state index contributed by atoms with van der Waals surface area (Å²) in [7, 11) is 0. The molecule has 96 valence electrons. The summed E-state index contributed by atoms with van der Waals surface area (Å²) in [6, 6.07) is 2.07. The maximum absolute atomic E-state index is 6.02. The van der Waals surface area contributed by atoms with Gasteiger partial charge in [0.15, 0.2) is 0 Å². The Labute approximate surface area is 111 Å². The maximum Gasteiger partial charge on any atom is 0.149 e. The summed E-state index contributed by atoms with van der Waals surface area (Å²) in [6.45, 7) is 8.13. The lowest BCUT2D eigenvalue weighted by Gasteiger charge is -2.15. The van der Waals surface area contributed by atoms with Crippen LogP contribution >= 0.6 is 11.3 Å². The van der Waals surface area contributed by atoms with Crippen molar-refractivity contribution in [3.63, 3.8) is 0 Å². The summed E-state index contributed by atoms with van der Waals surface area (Å²) in [5.74, 6) is 0.743. The molecule has 2 rings (SSSR count). The van der Waals surface area contributed by atoms with E-state index in [0.29, 0.717) is 5.69 Å². The smallest absolute Gasteiger partial charge is 0.149 e. The van der Waals surface area contributed by atoms with Crippen LogP contribution in [0.3, 0.4) is 0 Å². The molecule has 0 aliphatic carbocycles. The number of aromatic nitrogens is 2. The molecule has 0 aliphatic heterocycles. The van der Waals surface area contributed by atoms with Gasteiger partial charge in [-0.2, -0.15) is 0 Å². The van der Waals surface area contributed by atoms with Crippen LogP contribution in [0.15, 0.2) is 12.3 Å². The second kappa shape index (κ2) is 4.94. The first kappa shape index (κ1) is 12.8. The fourth-order valence-corrected chi connectivity index (χ4v) is 2.83. The van der Waals surface area contributed by atoms with Crippen LogP contribution in [-0.4, -0.2) is 9.97 Å². The van der Waals surface area contributed by atoms with E-state index in [1.54, 1.807) is 17.5 Å². The zero-order valence-corrected chi connectivity index (χ0v) is 11.9. The van der Waals surface area contributed by atoms with Crippen LogP contribution in [0.2, 0.25) is 0 Å². The lowest BCUT2D eigenvalue weighted by atomic mass is 10.2. The molecule has 5 heteroatoms. The molecule has 0 fully saturated rings. The third-order valence-electron chi connectivity index (χ3n) is 2.89. The molecule has 0 saturated heterocycles. The van der Waals surface area contributed by atoms with Gasteiger partial charge in [0.05, 0.1) is 22.4 Å². The Hall–Kier alpha value is -1.62. The summed E-state index contributed by atoms with van der Waals surface area (Å²) >= 11 is 1.71. The average molecular weight is 262 g/mol. The molecular formula is C13H18N4S. The molecule has 2 heterocycles. The van der Waals surface area contributed by atoms with Gasteiger partial charge >= 0.3 is 0 Å². The van der Waals surface area contributed by atoms with E-state index in [4.69, 9.17) is 5.73 Å². The minimum absolute atomic E-state index is 0.160. The number of pyridine rings is 1. The quantitative estimate of drug-likeness (QED) is 0.891. The van der Waals surface area contributed by atoms with Gasteiger partial charge in [-0.05, 0) is 39.3 Å². The molecule has 0 radical (unpaired) electrons. The minimum Gasteiger partial charge on any atom is -0.396 e. The number of nitrogen functional groups attached to an aromatic ring is 1. The molecule has 0 saturated carbocycles. The zero-order valence-electron chi connectivity index (χ0n) is 11.1. The number of hydrogen-bond donors (Lipinski definition) is 2. The maximum atomic E-state index is 6.02. The van der Waals surface area contributed by atoms with Crippen LogP contribution < -0.4 is 11.1 Å². The number of anilines is 2. The summed E-state index contributed by atoms with van der Waals surface area (Å²) < 4.78 is 0. The van der Waals surface area contributed by atoms with Crippen LogP contribution in [0.25, 0.3) is 0 Å². The van der Waals surface area contributed by atoms with Gasteiger partial charge in [-0.1, -0.05) is 0 Å². The van der Waals surface area contributed by atoms with Gasteiger partial charge in [0.25, 0.3) is 0 Å². The van der Waals surface area contributed by atoms with Crippen LogP contribution in [0.1, 0.15) is 34.1 Å². The highest BCUT2D eigenvalue weighted by atomic mass is 32.1. The van der Waals surface area contributed by atoms with E-state index >= 15 is 0 Å². The molecular weight excluding hydrogens is 244 g/mol. The number of hydrogen-bond acceptors (Lipinski definition) is 5. The molecule has 1 unspecified atom stereocenters. The minimum atomic E-state index is 0.160. The molecule has 2 aromatic rings. The number of thiazole rings is 1. The van der Waals surface area contributed by atoms with Crippen LogP contribution in [0.5, 0.6) is 0 Å². The van der Waals surface area contributed by atoms with Gasteiger partial charge in [0.2, 0.25) is 0 Å². The summed E-state index contributed by atoms with van der Waals surface area (Å²) in [5.41, 5.74) is 8.84. The predicted molar refractivity (Wildman–Crippen MR) is 77.0 cm³/mol. The van der Waals surface area contributed by atoms with E-state index in [1.807, 2.05) is 26.8 Å². The normalized spacial score (nSPS) is 12.4. The second-order valence-electron chi connectivity index (χ2n) is 4.44. The molecule has 3 N–H and O–H groups in total. The van der Waals surface area contributed by atoms with Crippen LogP contribution in [-0.2, 0) is 0 Å². The molecule has 4 nitrogen and oxygen atoms in total. The lowest BCUT2D eigenvalue weighted by molar-refractivity contribution is 0.880. The highest BCUT2D eigenvalue weighted by Gasteiger charge is 2.14. The fourth-order valence-electron chi connectivity index (χ4n) is 1.90. The first-order chi connectivity index (χ1) is 8.49. The SMILES string of the molecule is Cc1nc(C)c(C(C)Nc2nccc(C)c2N)s1. The largest absolute Gasteiger partial charge is 0.396 e. The lowest BCUT2D eigenvalue weighted by Crippen LogP contribution is -2.10. The van der Waals surface area contributed by atoms with Crippen molar-refractivity contribution < 1.29 is 0 Å². The van der Waals surface area contributed by atoms with Crippen molar-refractivity contribution >= 4 is 22.8 Å². The van der Waals surface area contributed by atoms with Gasteiger partial charge in [0, 0.05) is 11.1 Å². The van der Waals surface area contributed by atoms with Crippen molar-refractivity contribution in [2.75, 3.05) is 11.1 Å². The van der Waals surface area contributed by atoms with Crippen LogP contribution in [0.4, 0.5) is 11.5 Å². The third-order valence-corrected chi connectivity index (χ3v) is 4.15. The Morgan fingerprint density at radius 1 is 1.33 bits per heavy atom. The van der Waals surface area contributed by atoms with Crippen molar-refractivity contribution in [3.8, 4) is 0 Å². The monoisotopic (exact) mass is 262 g/mol. The van der Waals surface area contributed by atoms with Gasteiger partial charge in [-0.3, -0.25) is 0 Å². The number of rotatable bonds is 3. The Kier molecular flexibility index (Phi) is 3.52. The first-order valence-electron chi connectivity index (χ1n) is 5.90. The summed E-state index contributed by atoms with van der Waals surface area (Å²) in [6.07, 6.45) is 1.77. The first-order valence-corrected chi connectivity index (χ1v) is 6.72. The second-order valence-corrected chi connectivity index (χ2v) is 5.67. The Bertz CT molecular complexity index is 562. The Morgan fingerprint density at radius 2 is 2.06 bits per heavy atom. The van der Waals surface area contributed by atoms with Crippen molar-refractivity contribution in [2.45, 2.75) is 33.7 Å². The molecule has 2 aromatic heterocycles. The van der Waals surface area contributed by atoms with Crippen molar-refractivity contribution in [1.29, 1.82) is 0 Å². The number of aryl methyl sites for hydroxylation is 3. The van der Waals surface area contributed by atoms with E-state index in [9.17, 15) is 0 Å². The van der Waals surface area contributed by atoms with Crippen molar-refractivity contribution in [2.24, 2.45) is 0 Å². The number of nitrogens with two attached hydrogens (primary N) is 1. The topological polar surface area (TPSA) is 63.8 Å². The van der Waals surface area contributed by atoms with Crippen molar-refractivity contribution in [1.82, 2.24) is 9.97 Å². The summed E-state index contributed by atoms with van der Waals surface area (Å²) in [4.78, 5) is 9.96. The van der Waals surface area contributed by atoms with Gasteiger partial charge < -0.3 is 11.1 Å². The van der Waals surface area contributed by atoms with Gasteiger partial charge in [-0.25, -0.2) is 9.97 Å². The molecule has 0 spiro atoms. The third kappa shape index (κ3) is 2.46. The van der Waals surface area contributed by atoms with Gasteiger partial charge in [0.1, 0.15) is 5.82 Å². The Balaban J connectivity index is 2.24. The summed E-state index contributed by atoms with van der Waals surface area (Å²) in [5, 5.41) is 4.44. The van der Waals surface area contributed by atoms with E-state index in [2.05, 4.69) is 22.2 Å². The van der Waals surface area contributed by atoms with Gasteiger partial charge in [-0.15, -0.1) is 11.3 Å². The van der Waals surface area contributed by atoms with E-state index < -0.39 is 0 Å². The van der Waals surface area contributed by atoms with Crippen LogP contribution in [0, 0.1) is 20.8 Å². The Morgan fingerprint density at radius 3 is 2.67 bits per heavy atom. The molecule has 1 atom stereocenters. The van der Waals surface area contributed by atoms with Crippen molar-refractivity contribution in [3.05, 3.63) is 33.4 Å². The number of nitrogens with zero attached hydrogens (tertiary/aromatic N) is 2.